The smallest absolute Gasteiger partial charge is 0.310 e. The largest absolute Gasteiger partial charge is 0.465 e. The molecule has 0 heterocycles. The van der Waals surface area contributed by atoms with E-state index in [0.717, 1.165) is 18.8 Å². The Kier molecular flexibility index (Phi) is 12.1. The minimum Gasteiger partial charge on any atom is -0.465 e. The van der Waals surface area contributed by atoms with E-state index in [1.807, 2.05) is 26.0 Å². The summed E-state index contributed by atoms with van der Waals surface area (Å²) in [5, 5.41) is 0. The molecule has 27 heavy (non-hydrogen) atoms. The number of hydrogen-bond donors (Lipinski definition) is 0. The molecule has 0 aromatic rings. The highest BCUT2D eigenvalue weighted by atomic mass is 16.5. The van der Waals surface area contributed by atoms with Gasteiger partial charge in [-0.3, -0.25) is 9.59 Å². The number of ether oxygens (including phenoxy) is 2. The number of carbonyl (C=O) groups excluding carboxylic acids is 2. The zero-order valence-electron chi connectivity index (χ0n) is 17.9. The molecule has 0 saturated carbocycles. The molecule has 0 bridgehead atoms. The molecule has 1 aliphatic carbocycles. The zero-order chi connectivity index (χ0) is 20.1. The molecule has 4 nitrogen and oxygen atoms in total. The maximum absolute atomic E-state index is 12.4. The van der Waals surface area contributed by atoms with Gasteiger partial charge in [0.2, 0.25) is 0 Å². The number of unbranched alkanes of at least 4 members (excludes halogenated alkanes) is 6. The van der Waals surface area contributed by atoms with Crippen LogP contribution in [0, 0.1) is 17.8 Å². The summed E-state index contributed by atoms with van der Waals surface area (Å²) < 4.78 is 10.8. The normalized spacial score (nSPS) is 19.5. The average Bonchev–Trinajstić information content (AvgIpc) is 2.62. The predicted molar refractivity (Wildman–Crippen MR) is 109 cm³/mol. The second-order valence-corrected chi connectivity index (χ2v) is 8.47. The Bertz CT molecular complexity index is 453. The van der Waals surface area contributed by atoms with E-state index in [1.54, 1.807) is 0 Å². The quantitative estimate of drug-likeness (QED) is 0.229. The number of carbonyl (C=O) groups is 2. The molecule has 0 aromatic carbocycles. The van der Waals surface area contributed by atoms with Crippen LogP contribution in [0.1, 0.15) is 91.9 Å². The molecule has 2 atom stereocenters. The highest BCUT2D eigenvalue weighted by Gasteiger charge is 2.36. The Morgan fingerprint density at radius 3 is 1.89 bits per heavy atom. The van der Waals surface area contributed by atoms with Gasteiger partial charge in [0, 0.05) is 0 Å². The van der Waals surface area contributed by atoms with Gasteiger partial charge in [0.05, 0.1) is 24.5 Å². The third kappa shape index (κ3) is 10.6. The lowest BCUT2D eigenvalue weighted by atomic mass is 9.83. The van der Waals surface area contributed by atoms with Crippen LogP contribution in [-0.4, -0.2) is 24.6 Å². The van der Waals surface area contributed by atoms with Gasteiger partial charge in [-0.1, -0.05) is 70.9 Å². The third-order valence-corrected chi connectivity index (χ3v) is 5.06. The summed E-state index contributed by atoms with van der Waals surface area (Å²) in [5.41, 5.74) is 0. The molecule has 0 radical (unpaired) electrons. The van der Waals surface area contributed by atoms with Gasteiger partial charge in [0.15, 0.2) is 0 Å². The van der Waals surface area contributed by atoms with Crippen LogP contribution in [0.4, 0.5) is 0 Å². The van der Waals surface area contributed by atoms with E-state index >= 15 is 0 Å². The molecular formula is C23H40O4. The van der Waals surface area contributed by atoms with Gasteiger partial charge < -0.3 is 9.47 Å². The number of esters is 2. The molecule has 0 spiro atoms. The second kappa shape index (κ2) is 13.8. The molecule has 0 amide bonds. The van der Waals surface area contributed by atoms with E-state index in [4.69, 9.17) is 9.47 Å². The summed E-state index contributed by atoms with van der Waals surface area (Å²) in [5.74, 6) is -0.531. The van der Waals surface area contributed by atoms with Gasteiger partial charge in [-0.25, -0.2) is 0 Å². The van der Waals surface area contributed by atoms with E-state index in [9.17, 15) is 9.59 Å². The predicted octanol–water partition coefficient (Wildman–Crippen LogP) is 5.84. The average molecular weight is 381 g/mol. The number of hydrogen-bond acceptors (Lipinski definition) is 4. The molecule has 1 rings (SSSR count). The first-order valence-electron chi connectivity index (χ1n) is 10.9. The first kappa shape index (κ1) is 23.7. The van der Waals surface area contributed by atoms with E-state index in [0.29, 0.717) is 19.4 Å². The topological polar surface area (TPSA) is 52.6 Å². The Labute approximate surface area is 166 Å². The Balaban J connectivity index is 2.16. The summed E-state index contributed by atoms with van der Waals surface area (Å²) >= 11 is 0. The molecule has 0 fully saturated rings. The minimum atomic E-state index is -0.407. The van der Waals surface area contributed by atoms with Crippen LogP contribution < -0.4 is 0 Å². The Morgan fingerprint density at radius 2 is 1.33 bits per heavy atom. The van der Waals surface area contributed by atoms with Crippen molar-refractivity contribution in [2.24, 2.45) is 17.8 Å². The molecule has 0 N–H and O–H groups in total. The van der Waals surface area contributed by atoms with Gasteiger partial charge in [0.1, 0.15) is 0 Å². The van der Waals surface area contributed by atoms with E-state index in [2.05, 4.69) is 13.8 Å². The fourth-order valence-electron chi connectivity index (χ4n) is 3.47. The van der Waals surface area contributed by atoms with E-state index in [-0.39, 0.29) is 18.0 Å². The molecule has 2 unspecified atom stereocenters. The SMILES string of the molecule is CC(C)CCCCCCCCCOC(=O)C1CC=CCC1C(=O)OC(C)C. The molecular weight excluding hydrogens is 340 g/mol. The fourth-order valence-corrected chi connectivity index (χ4v) is 3.47. The van der Waals surface area contributed by atoms with Crippen molar-refractivity contribution in [2.75, 3.05) is 6.61 Å². The summed E-state index contributed by atoms with van der Waals surface area (Å²) in [7, 11) is 0. The third-order valence-electron chi connectivity index (χ3n) is 5.06. The molecule has 1 aliphatic rings. The minimum absolute atomic E-state index is 0.162. The summed E-state index contributed by atoms with van der Waals surface area (Å²) in [6.45, 7) is 8.67. The molecule has 0 aliphatic heterocycles. The van der Waals surface area contributed by atoms with Crippen molar-refractivity contribution in [1.82, 2.24) is 0 Å². The van der Waals surface area contributed by atoms with Gasteiger partial charge in [-0.15, -0.1) is 0 Å². The van der Waals surface area contributed by atoms with Crippen molar-refractivity contribution >= 4 is 11.9 Å². The summed E-state index contributed by atoms with van der Waals surface area (Å²) in [6.07, 6.45) is 14.7. The highest BCUT2D eigenvalue weighted by molar-refractivity contribution is 5.82. The lowest BCUT2D eigenvalue weighted by Gasteiger charge is -2.26. The van der Waals surface area contributed by atoms with E-state index in [1.165, 1.54) is 38.5 Å². The summed E-state index contributed by atoms with van der Waals surface area (Å²) in [6, 6.07) is 0. The van der Waals surface area contributed by atoms with Crippen molar-refractivity contribution in [2.45, 2.75) is 98.0 Å². The van der Waals surface area contributed by atoms with Crippen molar-refractivity contribution in [1.29, 1.82) is 0 Å². The first-order chi connectivity index (χ1) is 12.9. The van der Waals surface area contributed by atoms with E-state index < -0.39 is 11.8 Å². The van der Waals surface area contributed by atoms with Crippen LogP contribution in [0.5, 0.6) is 0 Å². The van der Waals surface area contributed by atoms with Crippen LogP contribution in [0.3, 0.4) is 0 Å². The van der Waals surface area contributed by atoms with Crippen LogP contribution in [0.15, 0.2) is 12.2 Å². The maximum atomic E-state index is 12.4. The van der Waals surface area contributed by atoms with Crippen molar-refractivity contribution in [3.05, 3.63) is 12.2 Å². The van der Waals surface area contributed by atoms with Crippen LogP contribution in [0.2, 0.25) is 0 Å². The molecule has 156 valence electrons. The highest BCUT2D eigenvalue weighted by Crippen LogP contribution is 2.28. The molecule has 4 heteroatoms. The summed E-state index contributed by atoms with van der Waals surface area (Å²) in [4.78, 5) is 24.6. The Hall–Kier alpha value is -1.32. The van der Waals surface area contributed by atoms with Crippen LogP contribution in [-0.2, 0) is 19.1 Å². The lowest BCUT2D eigenvalue weighted by molar-refractivity contribution is -0.163. The van der Waals surface area contributed by atoms with Gasteiger partial charge in [-0.2, -0.15) is 0 Å². The van der Waals surface area contributed by atoms with Crippen LogP contribution in [0.25, 0.3) is 0 Å². The van der Waals surface area contributed by atoms with Crippen molar-refractivity contribution in [3.63, 3.8) is 0 Å². The van der Waals surface area contributed by atoms with Crippen molar-refractivity contribution in [3.8, 4) is 0 Å². The van der Waals surface area contributed by atoms with Gasteiger partial charge in [0.25, 0.3) is 0 Å². The van der Waals surface area contributed by atoms with Gasteiger partial charge >= 0.3 is 11.9 Å². The lowest BCUT2D eigenvalue weighted by Crippen LogP contribution is -2.34. The fraction of sp³-hybridized carbons (Fsp3) is 0.826. The van der Waals surface area contributed by atoms with Crippen LogP contribution >= 0.6 is 0 Å². The molecule has 0 aromatic heterocycles. The molecule has 0 saturated heterocycles. The number of rotatable bonds is 13. The van der Waals surface area contributed by atoms with Gasteiger partial charge in [-0.05, 0) is 39.0 Å². The number of allylic oxidation sites excluding steroid dienone is 2. The van der Waals surface area contributed by atoms with Crippen molar-refractivity contribution < 1.29 is 19.1 Å². The second-order valence-electron chi connectivity index (χ2n) is 8.47. The standard InChI is InChI=1S/C23H40O4/c1-18(2)14-10-8-6-5-7-9-13-17-26-22(24)20-15-11-12-16-21(20)23(25)27-19(3)4/h11-12,18-21H,5-10,13-17H2,1-4H3. The monoisotopic (exact) mass is 380 g/mol. The Morgan fingerprint density at radius 1 is 0.815 bits per heavy atom. The zero-order valence-corrected chi connectivity index (χ0v) is 17.9. The first-order valence-corrected chi connectivity index (χ1v) is 10.9. The maximum Gasteiger partial charge on any atom is 0.310 e.